The molecule has 1 heterocycles. The fourth-order valence-corrected chi connectivity index (χ4v) is 2.02. The molecule has 1 saturated heterocycles. The summed E-state index contributed by atoms with van der Waals surface area (Å²) in [7, 11) is 0. The first-order valence-corrected chi connectivity index (χ1v) is 5.55. The van der Waals surface area contributed by atoms with E-state index in [9.17, 15) is 9.90 Å². The average Bonchev–Trinajstić information content (AvgIpc) is 2.81. The quantitative estimate of drug-likeness (QED) is 0.792. The molecule has 0 aromatic heterocycles. The van der Waals surface area contributed by atoms with Crippen LogP contribution in [-0.2, 0) is 4.74 Å². The SMILES string of the molecule is CC(=O)c1cccc(C(O)C2CCOC2)c1. The monoisotopic (exact) mass is 220 g/mol. The Labute approximate surface area is 95.0 Å². The topological polar surface area (TPSA) is 46.5 Å². The van der Waals surface area contributed by atoms with E-state index in [0.29, 0.717) is 18.8 Å². The first kappa shape index (κ1) is 11.3. The summed E-state index contributed by atoms with van der Waals surface area (Å²) in [5.41, 5.74) is 1.46. The molecule has 2 rings (SSSR count). The molecule has 16 heavy (non-hydrogen) atoms. The number of Topliss-reactive ketones (excluding diaryl/α,β-unsaturated/α-hetero) is 1. The van der Waals surface area contributed by atoms with Gasteiger partial charge in [0.25, 0.3) is 0 Å². The lowest BCUT2D eigenvalue weighted by molar-refractivity contribution is 0.0916. The maximum Gasteiger partial charge on any atom is 0.159 e. The van der Waals surface area contributed by atoms with Crippen molar-refractivity contribution >= 4 is 5.78 Å². The van der Waals surface area contributed by atoms with Gasteiger partial charge in [0.05, 0.1) is 12.7 Å². The Kier molecular flexibility index (Phi) is 3.36. The standard InChI is InChI=1S/C13H16O3/c1-9(14)10-3-2-4-11(7-10)13(15)12-5-6-16-8-12/h2-4,7,12-13,15H,5-6,8H2,1H3. The van der Waals surface area contributed by atoms with Crippen molar-refractivity contribution in [1.82, 2.24) is 0 Å². The molecule has 1 fully saturated rings. The van der Waals surface area contributed by atoms with Crippen LogP contribution in [0.2, 0.25) is 0 Å². The minimum Gasteiger partial charge on any atom is -0.388 e. The lowest BCUT2D eigenvalue weighted by Gasteiger charge is -2.17. The van der Waals surface area contributed by atoms with E-state index in [2.05, 4.69) is 0 Å². The van der Waals surface area contributed by atoms with E-state index in [1.54, 1.807) is 12.1 Å². The lowest BCUT2D eigenvalue weighted by atomic mass is 9.93. The van der Waals surface area contributed by atoms with Crippen molar-refractivity contribution in [3.63, 3.8) is 0 Å². The molecular weight excluding hydrogens is 204 g/mol. The van der Waals surface area contributed by atoms with Crippen LogP contribution >= 0.6 is 0 Å². The molecule has 1 aliphatic heterocycles. The van der Waals surface area contributed by atoms with Gasteiger partial charge in [-0.05, 0) is 25.0 Å². The minimum atomic E-state index is -0.526. The molecule has 0 spiro atoms. The third-order valence-corrected chi connectivity index (χ3v) is 3.05. The normalized spacial score (nSPS) is 22.0. The van der Waals surface area contributed by atoms with E-state index in [4.69, 9.17) is 4.74 Å². The van der Waals surface area contributed by atoms with Crippen LogP contribution in [-0.4, -0.2) is 24.1 Å². The molecule has 86 valence electrons. The second-order valence-electron chi connectivity index (χ2n) is 4.25. The number of ketones is 1. The van der Waals surface area contributed by atoms with Gasteiger partial charge in [-0.15, -0.1) is 0 Å². The highest BCUT2D eigenvalue weighted by atomic mass is 16.5. The van der Waals surface area contributed by atoms with Gasteiger partial charge in [0.2, 0.25) is 0 Å². The Bertz CT molecular complexity index is 381. The molecule has 3 heteroatoms. The Balaban J connectivity index is 2.18. The molecule has 0 saturated carbocycles. The van der Waals surface area contributed by atoms with Crippen molar-refractivity contribution in [1.29, 1.82) is 0 Å². The highest BCUT2D eigenvalue weighted by molar-refractivity contribution is 5.94. The Hall–Kier alpha value is -1.19. The van der Waals surface area contributed by atoms with Gasteiger partial charge in [-0.2, -0.15) is 0 Å². The fourth-order valence-electron chi connectivity index (χ4n) is 2.02. The number of carbonyl (C=O) groups is 1. The van der Waals surface area contributed by atoms with Gasteiger partial charge in [-0.25, -0.2) is 0 Å². The van der Waals surface area contributed by atoms with E-state index >= 15 is 0 Å². The summed E-state index contributed by atoms with van der Waals surface area (Å²) < 4.78 is 5.25. The average molecular weight is 220 g/mol. The Morgan fingerprint density at radius 1 is 1.56 bits per heavy atom. The molecule has 1 N–H and O–H groups in total. The lowest BCUT2D eigenvalue weighted by Crippen LogP contribution is -2.12. The van der Waals surface area contributed by atoms with Crippen molar-refractivity contribution in [3.05, 3.63) is 35.4 Å². The summed E-state index contributed by atoms with van der Waals surface area (Å²) in [4.78, 5) is 11.2. The second-order valence-corrected chi connectivity index (χ2v) is 4.25. The first-order chi connectivity index (χ1) is 7.68. The van der Waals surface area contributed by atoms with E-state index in [1.165, 1.54) is 6.92 Å². The minimum absolute atomic E-state index is 0.0247. The molecule has 0 radical (unpaired) electrons. The zero-order chi connectivity index (χ0) is 11.5. The number of hydrogen-bond acceptors (Lipinski definition) is 3. The van der Waals surface area contributed by atoms with Crippen molar-refractivity contribution < 1.29 is 14.6 Å². The third kappa shape index (κ3) is 2.31. The molecule has 3 nitrogen and oxygen atoms in total. The van der Waals surface area contributed by atoms with Crippen LogP contribution in [0.4, 0.5) is 0 Å². The third-order valence-electron chi connectivity index (χ3n) is 3.05. The van der Waals surface area contributed by atoms with Gasteiger partial charge >= 0.3 is 0 Å². The highest BCUT2D eigenvalue weighted by Crippen LogP contribution is 2.28. The molecule has 0 aliphatic carbocycles. The molecule has 0 amide bonds. The molecule has 2 atom stereocenters. The smallest absolute Gasteiger partial charge is 0.159 e. The molecule has 1 aliphatic rings. The van der Waals surface area contributed by atoms with Gasteiger partial charge < -0.3 is 9.84 Å². The molecule has 0 bridgehead atoms. The second kappa shape index (κ2) is 4.76. The predicted molar refractivity (Wildman–Crippen MR) is 60.3 cm³/mol. The fraction of sp³-hybridized carbons (Fsp3) is 0.462. The van der Waals surface area contributed by atoms with Crippen molar-refractivity contribution in [2.24, 2.45) is 5.92 Å². The van der Waals surface area contributed by atoms with Gasteiger partial charge in [-0.3, -0.25) is 4.79 Å². The number of hydrogen-bond donors (Lipinski definition) is 1. The van der Waals surface area contributed by atoms with E-state index in [1.807, 2.05) is 12.1 Å². The number of aliphatic hydroxyl groups excluding tert-OH is 1. The predicted octanol–water partition coefficient (Wildman–Crippen LogP) is 1.96. The van der Waals surface area contributed by atoms with Crippen LogP contribution in [0, 0.1) is 5.92 Å². The highest BCUT2D eigenvalue weighted by Gasteiger charge is 2.25. The van der Waals surface area contributed by atoms with Gasteiger partial charge in [-0.1, -0.05) is 18.2 Å². The summed E-state index contributed by atoms with van der Waals surface area (Å²) in [6.45, 7) is 2.85. The van der Waals surface area contributed by atoms with Gasteiger partial charge in [0.15, 0.2) is 5.78 Å². The first-order valence-electron chi connectivity index (χ1n) is 5.55. The largest absolute Gasteiger partial charge is 0.388 e. The maximum atomic E-state index is 11.2. The van der Waals surface area contributed by atoms with Crippen LogP contribution in [0.25, 0.3) is 0 Å². The van der Waals surface area contributed by atoms with Gasteiger partial charge in [0.1, 0.15) is 0 Å². The Morgan fingerprint density at radius 3 is 3.00 bits per heavy atom. The summed E-state index contributed by atoms with van der Waals surface area (Å²) in [5.74, 6) is 0.180. The Morgan fingerprint density at radius 2 is 2.38 bits per heavy atom. The molecule has 2 unspecified atom stereocenters. The van der Waals surface area contributed by atoms with Crippen LogP contribution in [0.1, 0.15) is 35.4 Å². The number of carbonyl (C=O) groups excluding carboxylic acids is 1. The zero-order valence-electron chi connectivity index (χ0n) is 9.35. The van der Waals surface area contributed by atoms with Crippen LogP contribution in [0.3, 0.4) is 0 Å². The van der Waals surface area contributed by atoms with Crippen molar-refractivity contribution in [3.8, 4) is 0 Å². The van der Waals surface area contributed by atoms with E-state index in [-0.39, 0.29) is 11.7 Å². The number of aliphatic hydroxyl groups is 1. The van der Waals surface area contributed by atoms with Crippen LogP contribution in [0.15, 0.2) is 24.3 Å². The van der Waals surface area contributed by atoms with E-state index in [0.717, 1.165) is 12.0 Å². The molecule has 1 aromatic rings. The molecule has 1 aromatic carbocycles. The maximum absolute atomic E-state index is 11.2. The number of ether oxygens (including phenoxy) is 1. The molecular formula is C13H16O3. The summed E-state index contributed by atoms with van der Waals surface area (Å²) in [6, 6.07) is 7.20. The number of rotatable bonds is 3. The zero-order valence-corrected chi connectivity index (χ0v) is 9.35. The van der Waals surface area contributed by atoms with Crippen molar-refractivity contribution in [2.45, 2.75) is 19.4 Å². The van der Waals surface area contributed by atoms with Gasteiger partial charge in [0, 0.05) is 18.1 Å². The number of benzene rings is 1. The summed E-state index contributed by atoms with van der Waals surface area (Å²) in [6.07, 6.45) is 0.354. The van der Waals surface area contributed by atoms with E-state index < -0.39 is 6.10 Å². The summed E-state index contributed by atoms with van der Waals surface area (Å²) in [5, 5.41) is 10.1. The summed E-state index contributed by atoms with van der Waals surface area (Å²) >= 11 is 0. The van der Waals surface area contributed by atoms with Crippen LogP contribution in [0.5, 0.6) is 0 Å². The van der Waals surface area contributed by atoms with Crippen molar-refractivity contribution in [2.75, 3.05) is 13.2 Å². The van der Waals surface area contributed by atoms with Crippen LogP contribution < -0.4 is 0 Å².